The van der Waals surface area contributed by atoms with Crippen LogP contribution in [0, 0.1) is 0 Å². The molecular weight excluding hydrogens is 296 g/mol. The maximum Gasteiger partial charge on any atom is 0.170 e. The minimum atomic E-state index is -0.711. The second-order valence-electron chi connectivity index (χ2n) is 4.59. The van der Waals surface area contributed by atoms with Gasteiger partial charge in [0.15, 0.2) is 11.4 Å². The van der Waals surface area contributed by atoms with Gasteiger partial charge in [0.25, 0.3) is 0 Å². The molecule has 1 aromatic heterocycles. The Morgan fingerprint density at radius 1 is 1.33 bits per heavy atom. The molecule has 3 rings (SSSR count). The van der Waals surface area contributed by atoms with Crippen LogP contribution in [0.5, 0.6) is 0 Å². The van der Waals surface area contributed by atoms with Crippen LogP contribution in [0.1, 0.15) is 19.1 Å². The molecule has 0 fully saturated rings. The van der Waals surface area contributed by atoms with Crippen LogP contribution < -0.4 is 0 Å². The number of carbonyl (C=O) groups excluding carboxylic acids is 1. The average molecular weight is 307 g/mol. The number of benzene rings is 1. The van der Waals surface area contributed by atoms with E-state index in [9.17, 15) is 4.79 Å². The summed E-state index contributed by atoms with van der Waals surface area (Å²) in [7, 11) is 0. The van der Waals surface area contributed by atoms with Crippen molar-refractivity contribution < 1.29 is 13.9 Å². The normalized spacial score (nSPS) is 23.3. The van der Waals surface area contributed by atoms with Crippen molar-refractivity contribution in [1.82, 2.24) is 0 Å². The highest BCUT2D eigenvalue weighted by atomic mass is 79.9. The van der Waals surface area contributed by atoms with Crippen LogP contribution in [0.25, 0.3) is 11.0 Å². The number of furan rings is 1. The van der Waals surface area contributed by atoms with E-state index in [0.717, 1.165) is 15.4 Å². The highest BCUT2D eigenvalue weighted by Gasteiger charge is 2.36. The molecule has 0 N–H and O–H groups in total. The summed E-state index contributed by atoms with van der Waals surface area (Å²) in [5.41, 5.74) is 0.0807. The Morgan fingerprint density at radius 2 is 2.17 bits per heavy atom. The van der Waals surface area contributed by atoms with E-state index >= 15 is 0 Å². The molecule has 1 unspecified atom stereocenters. The van der Waals surface area contributed by atoms with Gasteiger partial charge in [-0.1, -0.05) is 15.9 Å². The summed E-state index contributed by atoms with van der Waals surface area (Å²) >= 11 is 3.42. The number of rotatable bonds is 1. The Morgan fingerprint density at radius 3 is 2.94 bits per heavy atom. The summed E-state index contributed by atoms with van der Waals surface area (Å²) in [5, 5.41) is 0.992. The SMILES string of the molecule is CC1(c2cc3cc(Br)ccc3o2)CC(=O)C=CO1. The van der Waals surface area contributed by atoms with E-state index in [1.807, 2.05) is 31.2 Å². The van der Waals surface area contributed by atoms with Crippen molar-refractivity contribution in [3.05, 3.63) is 46.8 Å². The predicted octanol–water partition coefficient (Wildman–Crippen LogP) is 3.91. The topological polar surface area (TPSA) is 39.4 Å². The van der Waals surface area contributed by atoms with Gasteiger partial charge in [0.1, 0.15) is 11.3 Å². The van der Waals surface area contributed by atoms with Gasteiger partial charge in [0.2, 0.25) is 0 Å². The summed E-state index contributed by atoms with van der Waals surface area (Å²) in [5.74, 6) is 0.721. The van der Waals surface area contributed by atoms with E-state index in [4.69, 9.17) is 9.15 Å². The molecular formula is C14H11BrO3. The van der Waals surface area contributed by atoms with E-state index in [2.05, 4.69) is 15.9 Å². The molecule has 4 heteroatoms. The van der Waals surface area contributed by atoms with Gasteiger partial charge in [-0.05, 0) is 31.2 Å². The fourth-order valence-electron chi connectivity index (χ4n) is 2.11. The first-order chi connectivity index (χ1) is 8.57. The lowest BCUT2D eigenvalue weighted by molar-refractivity contribution is -0.122. The first-order valence-electron chi connectivity index (χ1n) is 5.64. The predicted molar refractivity (Wildman–Crippen MR) is 71.1 cm³/mol. The molecule has 0 saturated carbocycles. The average Bonchev–Trinajstić information content (AvgIpc) is 2.72. The minimum Gasteiger partial charge on any atom is -0.487 e. The largest absolute Gasteiger partial charge is 0.487 e. The molecule has 2 heterocycles. The van der Waals surface area contributed by atoms with Crippen molar-refractivity contribution >= 4 is 32.7 Å². The quantitative estimate of drug-likeness (QED) is 0.802. The Labute approximate surface area is 113 Å². The zero-order chi connectivity index (χ0) is 12.8. The lowest BCUT2D eigenvalue weighted by Gasteiger charge is -2.28. The number of halogens is 1. The summed E-state index contributed by atoms with van der Waals surface area (Å²) in [4.78, 5) is 11.5. The van der Waals surface area contributed by atoms with Crippen LogP contribution in [0.3, 0.4) is 0 Å². The summed E-state index contributed by atoms with van der Waals surface area (Å²) in [6.07, 6.45) is 3.18. The maximum absolute atomic E-state index is 11.5. The standard InChI is InChI=1S/C14H11BrO3/c1-14(8-11(16)4-5-17-14)13-7-9-6-10(15)2-3-12(9)18-13/h2-7H,8H2,1H3. The third-order valence-corrected chi connectivity index (χ3v) is 3.59. The molecule has 18 heavy (non-hydrogen) atoms. The van der Waals surface area contributed by atoms with E-state index in [1.54, 1.807) is 0 Å². The fourth-order valence-corrected chi connectivity index (χ4v) is 2.49. The highest BCUT2D eigenvalue weighted by Crippen LogP contribution is 2.36. The van der Waals surface area contributed by atoms with Crippen molar-refractivity contribution in [2.45, 2.75) is 18.9 Å². The van der Waals surface area contributed by atoms with Crippen molar-refractivity contribution in [1.29, 1.82) is 0 Å². The number of allylic oxidation sites excluding steroid dienone is 1. The van der Waals surface area contributed by atoms with Gasteiger partial charge in [-0.25, -0.2) is 0 Å². The van der Waals surface area contributed by atoms with Crippen molar-refractivity contribution in [2.75, 3.05) is 0 Å². The van der Waals surface area contributed by atoms with Crippen LogP contribution >= 0.6 is 15.9 Å². The molecule has 1 aromatic carbocycles. The van der Waals surface area contributed by atoms with Crippen molar-refractivity contribution in [3.8, 4) is 0 Å². The second kappa shape index (κ2) is 3.99. The molecule has 1 aliphatic rings. The zero-order valence-electron chi connectivity index (χ0n) is 9.77. The molecule has 0 saturated heterocycles. The third-order valence-electron chi connectivity index (χ3n) is 3.09. The minimum absolute atomic E-state index is 0.0467. The Bertz CT molecular complexity index is 656. The molecule has 3 nitrogen and oxygen atoms in total. The molecule has 0 aliphatic carbocycles. The second-order valence-corrected chi connectivity index (χ2v) is 5.50. The number of fused-ring (bicyclic) bond motifs is 1. The van der Waals surface area contributed by atoms with Crippen molar-refractivity contribution in [3.63, 3.8) is 0 Å². The number of hydrogen-bond acceptors (Lipinski definition) is 3. The number of ether oxygens (including phenoxy) is 1. The van der Waals surface area contributed by atoms with E-state index in [1.165, 1.54) is 12.3 Å². The molecule has 1 atom stereocenters. The van der Waals surface area contributed by atoms with E-state index < -0.39 is 5.60 Å². The number of hydrogen-bond donors (Lipinski definition) is 0. The summed E-state index contributed by atoms with van der Waals surface area (Å²) < 4.78 is 12.4. The first kappa shape index (κ1) is 11.5. The number of carbonyl (C=O) groups is 1. The summed E-state index contributed by atoms with van der Waals surface area (Å²) in [6, 6.07) is 7.72. The van der Waals surface area contributed by atoms with Gasteiger partial charge < -0.3 is 9.15 Å². The summed E-state index contributed by atoms with van der Waals surface area (Å²) in [6.45, 7) is 1.86. The van der Waals surface area contributed by atoms with Gasteiger partial charge in [-0.3, -0.25) is 4.79 Å². The Balaban J connectivity index is 2.09. The van der Waals surface area contributed by atoms with Gasteiger partial charge >= 0.3 is 0 Å². The third kappa shape index (κ3) is 1.86. The first-order valence-corrected chi connectivity index (χ1v) is 6.43. The number of ketones is 1. The van der Waals surface area contributed by atoms with Crippen molar-refractivity contribution in [2.24, 2.45) is 0 Å². The molecule has 0 spiro atoms. The lowest BCUT2D eigenvalue weighted by Crippen LogP contribution is -2.29. The Kier molecular flexibility index (Phi) is 2.55. The highest BCUT2D eigenvalue weighted by molar-refractivity contribution is 9.10. The zero-order valence-corrected chi connectivity index (χ0v) is 11.4. The van der Waals surface area contributed by atoms with Gasteiger partial charge in [0, 0.05) is 15.9 Å². The van der Waals surface area contributed by atoms with Gasteiger partial charge in [0.05, 0.1) is 12.7 Å². The fraction of sp³-hybridized carbons (Fsp3) is 0.214. The van der Waals surface area contributed by atoms with Crippen LogP contribution in [0.15, 0.2) is 45.5 Å². The van der Waals surface area contributed by atoms with Crippen LogP contribution in [0.4, 0.5) is 0 Å². The van der Waals surface area contributed by atoms with E-state index in [0.29, 0.717) is 12.2 Å². The van der Waals surface area contributed by atoms with Crippen LogP contribution in [0.2, 0.25) is 0 Å². The maximum atomic E-state index is 11.5. The molecule has 0 radical (unpaired) electrons. The molecule has 0 bridgehead atoms. The molecule has 2 aromatic rings. The molecule has 92 valence electrons. The molecule has 0 amide bonds. The van der Waals surface area contributed by atoms with Crippen LogP contribution in [-0.2, 0) is 15.1 Å². The lowest BCUT2D eigenvalue weighted by atomic mass is 9.94. The molecule has 1 aliphatic heterocycles. The van der Waals surface area contributed by atoms with Gasteiger partial charge in [-0.15, -0.1) is 0 Å². The van der Waals surface area contributed by atoms with Crippen LogP contribution in [-0.4, -0.2) is 5.78 Å². The Hall–Kier alpha value is -1.55. The van der Waals surface area contributed by atoms with E-state index in [-0.39, 0.29) is 5.78 Å². The monoisotopic (exact) mass is 306 g/mol. The van der Waals surface area contributed by atoms with Gasteiger partial charge in [-0.2, -0.15) is 0 Å². The smallest absolute Gasteiger partial charge is 0.170 e.